The zero-order valence-electron chi connectivity index (χ0n) is 10.8. The van der Waals surface area contributed by atoms with Gasteiger partial charge in [0.1, 0.15) is 11.4 Å². The molecule has 0 aliphatic carbocycles. The average molecular weight is 252 g/mol. The minimum Gasteiger partial charge on any atom is -0.506 e. The van der Waals surface area contributed by atoms with Gasteiger partial charge in [0.15, 0.2) is 0 Å². The fraction of sp³-hybridized carbons (Fsp3) is 0.615. The van der Waals surface area contributed by atoms with E-state index < -0.39 is 5.60 Å². The van der Waals surface area contributed by atoms with Crippen LogP contribution in [-0.4, -0.2) is 40.1 Å². The Bertz CT molecular complexity index is 425. The highest BCUT2D eigenvalue weighted by Gasteiger charge is 2.38. The van der Waals surface area contributed by atoms with Crippen molar-refractivity contribution >= 4 is 0 Å². The van der Waals surface area contributed by atoms with E-state index in [1.54, 1.807) is 12.1 Å². The number of nitrogens with one attached hydrogen (secondary N) is 1. The molecule has 3 N–H and O–H groups in total. The maximum absolute atomic E-state index is 10.3. The van der Waals surface area contributed by atoms with Crippen LogP contribution in [0.3, 0.4) is 0 Å². The van der Waals surface area contributed by atoms with E-state index in [9.17, 15) is 10.2 Å². The Morgan fingerprint density at radius 2 is 2.33 bits per heavy atom. The summed E-state index contributed by atoms with van der Waals surface area (Å²) in [5.41, 5.74) is 0.644. The molecule has 2 rings (SSSR count). The highest BCUT2D eigenvalue weighted by molar-refractivity contribution is 5.27. The zero-order chi connectivity index (χ0) is 13.2. The maximum atomic E-state index is 10.3. The van der Waals surface area contributed by atoms with Crippen LogP contribution in [0.25, 0.3) is 0 Å². The molecule has 0 aromatic carbocycles. The van der Waals surface area contributed by atoms with Gasteiger partial charge in [0.05, 0.1) is 11.8 Å². The number of aromatic hydroxyl groups is 1. The first-order valence-electron chi connectivity index (χ1n) is 6.21. The number of hydrogen-bond acceptors (Lipinski definition) is 5. The summed E-state index contributed by atoms with van der Waals surface area (Å²) < 4.78 is 5.36. The third-order valence-corrected chi connectivity index (χ3v) is 3.47. The number of aliphatic hydroxyl groups is 1. The molecule has 2 atom stereocenters. The van der Waals surface area contributed by atoms with Crippen LogP contribution in [0.1, 0.15) is 24.7 Å². The van der Waals surface area contributed by atoms with E-state index in [-0.39, 0.29) is 11.9 Å². The summed E-state index contributed by atoms with van der Waals surface area (Å²) >= 11 is 0. The summed E-state index contributed by atoms with van der Waals surface area (Å²) in [7, 11) is 0. The van der Waals surface area contributed by atoms with Crippen molar-refractivity contribution < 1.29 is 14.9 Å². The number of pyridine rings is 1. The van der Waals surface area contributed by atoms with E-state index >= 15 is 0 Å². The van der Waals surface area contributed by atoms with E-state index in [0.717, 1.165) is 5.69 Å². The Morgan fingerprint density at radius 1 is 1.56 bits per heavy atom. The van der Waals surface area contributed by atoms with E-state index in [1.807, 2.05) is 13.8 Å². The summed E-state index contributed by atoms with van der Waals surface area (Å²) in [4.78, 5) is 4.25. The Kier molecular flexibility index (Phi) is 3.85. The number of rotatable bonds is 4. The molecular weight excluding hydrogens is 232 g/mol. The maximum Gasteiger partial charge on any atom is 0.138 e. The van der Waals surface area contributed by atoms with E-state index in [4.69, 9.17) is 4.74 Å². The molecule has 1 saturated heterocycles. The molecule has 2 heterocycles. The summed E-state index contributed by atoms with van der Waals surface area (Å²) in [5.74, 6) is 0.177. The van der Waals surface area contributed by atoms with Gasteiger partial charge in [0, 0.05) is 31.8 Å². The minimum absolute atomic E-state index is 0.163. The van der Waals surface area contributed by atoms with Gasteiger partial charge in [-0.1, -0.05) is 0 Å². The predicted octanol–water partition coefficient (Wildman–Crippen LogP) is 0.725. The van der Waals surface area contributed by atoms with Gasteiger partial charge < -0.3 is 20.3 Å². The van der Waals surface area contributed by atoms with Crippen molar-refractivity contribution in [3.05, 3.63) is 23.5 Å². The largest absolute Gasteiger partial charge is 0.506 e. The second kappa shape index (κ2) is 5.22. The predicted molar refractivity (Wildman–Crippen MR) is 67.3 cm³/mol. The van der Waals surface area contributed by atoms with Crippen LogP contribution in [-0.2, 0) is 11.3 Å². The Hall–Kier alpha value is -1.17. The lowest BCUT2D eigenvalue weighted by Crippen LogP contribution is -2.45. The number of aryl methyl sites for hydroxylation is 1. The lowest BCUT2D eigenvalue weighted by Gasteiger charge is -2.26. The van der Waals surface area contributed by atoms with Gasteiger partial charge in [0.25, 0.3) is 0 Å². The van der Waals surface area contributed by atoms with Crippen LogP contribution in [0.4, 0.5) is 0 Å². The Labute approximate surface area is 107 Å². The highest BCUT2D eigenvalue weighted by atomic mass is 16.5. The molecule has 1 aliphatic heterocycles. The van der Waals surface area contributed by atoms with Gasteiger partial charge in [-0.3, -0.25) is 4.98 Å². The van der Waals surface area contributed by atoms with Crippen LogP contribution >= 0.6 is 0 Å². The second-order valence-corrected chi connectivity index (χ2v) is 4.89. The first kappa shape index (κ1) is 13.3. The second-order valence-electron chi connectivity index (χ2n) is 4.89. The van der Waals surface area contributed by atoms with Crippen molar-refractivity contribution in [2.45, 2.75) is 38.5 Å². The molecule has 2 unspecified atom stereocenters. The third kappa shape index (κ3) is 2.80. The summed E-state index contributed by atoms with van der Waals surface area (Å²) in [6, 6.07) is 3.40. The number of aromatic nitrogens is 1. The third-order valence-electron chi connectivity index (χ3n) is 3.47. The molecule has 1 aliphatic rings. The highest BCUT2D eigenvalue weighted by Crippen LogP contribution is 2.25. The average Bonchev–Trinajstić information content (AvgIpc) is 2.64. The van der Waals surface area contributed by atoms with E-state index in [2.05, 4.69) is 10.3 Å². The van der Waals surface area contributed by atoms with Crippen molar-refractivity contribution in [3.63, 3.8) is 0 Å². The summed E-state index contributed by atoms with van der Waals surface area (Å²) in [6.45, 7) is 5.21. The molecule has 1 aromatic rings. The summed E-state index contributed by atoms with van der Waals surface area (Å²) in [5, 5.41) is 23.1. The van der Waals surface area contributed by atoms with Crippen LogP contribution in [0.15, 0.2) is 12.1 Å². The van der Waals surface area contributed by atoms with Crippen LogP contribution in [0.2, 0.25) is 0 Å². The fourth-order valence-electron chi connectivity index (χ4n) is 2.13. The molecule has 0 radical (unpaired) electrons. The number of nitrogens with zero attached hydrogens (tertiary/aromatic N) is 1. The lowest BCUT2D eigenvalue weighted by atomic mass is 9.97. The van der Waals surface area contributed by atoms with Crippen LogP contribution < -0.4 is 5.32 Å². The molecule has 5 nitrogen and oxygen atoms in total. The van der Waals surface area contributed by atoms with Gasteiger partial charge in [0.2, 0.25) is 0 Å². The molecule has 0 amide bonds. The molecule has 0 bridgehead atoms. The molecule has 1 aromatic heterocycles. The topological polar surface area (TPSA) is 74.6 Å². The van der Waals surface area contributed by atoms with Crippen LogP contribution in [0, 0.1) is 6.92 Å². The first-order chi connectivity index (χ1) is 8.51. The molecule has 0 saturated carbocycles. The molecule has 5 heteroatoms. The van der Waals surface area contributed by atoms with Gasteiger partial charge in [-0.15, -0.1) is 0 Å². The molecule has 18 heavy (non-hydrogen) atoms. The van der Waals surface area contributed by atoms with Crippen molar-refractivity contribution in [2.24, 2.45) is 0 Å². The fourth-order valence-corrected chi connectivity index (χ4v) is 2.13. The quantitative estimate of drug-likeness (QED) is 0.736. The van der Waals surface area contributed by atoms with Gasteiger partial charge in [-0.25, -0.2) is 0 Å². The van der Waals surface area contributed by atoms with Gasteiger partial charge >= 0.3 is 0 Å². The molecule has 0 spiro atoms. The van der Waals surface area contributed by atoms with Crippen molar-refractivity contribution in [3.8, 4) is 5.75 Å². The molecule has 1 fully saturated rings. The Balaban J connectivity index is 1.90. The minimum atomic E-state index is -0.820. The number of hydrogen-bond donors (Lipinski definition) is 3. The zero-order valence-corrected chi connectivity index (χ0v) is 10.8. The first-order valence-corrected chi connectivity index (χ1v) is 6.21. The summed E-state index contributed by atoms with van der Waals surface area (Å²) in [6.07, 6.45) is 0.470. The Morgan fingerprint density at radius 3 is 3.00 bits per heavy atom. The van der Waals surface area contributed by atoms with Crippen molar-refractivity contribution in [2.75, 3.05) is 13.2 Å². The molecule has 100 valence electrons. The normalized spacial score (nSPS) is 27.6. The van der Waals surface area contributed by atoms with Gasteiger partial charge in [-0.05, 0) is 26.0 Å². The molecular formula is C13H20N2O3. The SMILES string of the molecule is Cc1ccc(O)c(CNCC2(O)CCOC2C)n1. The van der Waals surface area contributed by atoms with Crippen molar-refractivity contribution in [1.82, 2.24) is 10.3 Å². The number of ether oxygens (including phenoxy) is 1. The van der Waals surface area contributed by atoms with E-state index in [1.165, 1.54) is 0 Å². The van der Waals surface area contributed by atoms with Crippen molar-refractivity contribution in [1.29, 1.82) is 0 Å². The van der Waals surface area contributed by atoms with Crippen LogP contribution in [0.5, 0.6) is 5.75 Å². The standard InChI is InChI=1S/C13H20N2O3/c1-9-3-4-12(16)11(15-9)7-14-8-13(17)5-6-18-10(13)2/h3-4,10,14,16-17H,5-8H2,1-2H3. The monoisotopic (exact) mass is 252 g/mol. The van der Waals surface area contributed by atoms with Gasteiger partial charge in [-0.2, -0.15) is 0 Å². The smallest absolute Gasteiger partial charge is 0.138 e. The van der Waals surface area contributed by atoms with E-state index in [0.29, 0.717) is 31.8 Å². The lowest BCUT2D eigenvalue weighted by molar-refractivity contribution is -0.0263.